The number of benzene rings is 1. The van der Waals surface area contributed by atoms with Crippen LogP contribution < -0.4 is 5.32 Å². The molecular formula is C14H12F2N2O3S. The molecule has 0 spiro atoms. The lowest BCUT2D eigenvalue weighted by Crippen LogP contribution is -2.17. The van der Waals surface area contributed by atoms with Crippen LogP contribution in [0.15, 0.2) is 41.6 Å². The van der Waals surface area contributed by atoms with Crippen molar-refractivity contribution >= 4 is 21.4 Å². The van der Waals surface area contributed by atoms with Crippen LogP contribution in [0, 0.1) is 11.6 Å². The molecule has 2 aromatic rings. The Hall–Kier alpha value is -2.35. The maximum atomic E-state index is 13.9. The highest BCUT2D eigenvalue weighted by atomic mass is 32.2. The molecule has 0 radical (unpaired) electrons. The second kappa shape index (κ2) is 6.18. The minimum atomic E-state index is -3.73. The number of hydrogen-bond donors (Lipinski definition) is 1. The molecule has 1 heterocycles. The molecule has 116 valence electrons. The maximum Gasteiger partial charge on any atom is 0.257 e. The highest BCUT2D eigenvalue weighted by molar-refractivity contribution is 7.91. The Morgan fingerprint density at radius 2 is 2.00 bits per heavy atom. The van der Waals surface area contributed by atoms with Crippen LogP contribution in [0.4, 0.5) is 14.5 Å². The zero-order valence-electron chi connectivity index (χ0n) is 11.5. The summed E-state index contributed by atoms with van der Waals surface area (Å²) in [6.45, 7) is 1.41. The zero-order valence-corrected chi connectivity index (χ0v) is 12.3. The van der Waals surface area contributed by atoms with Crippen molar-refractivity contribution in [2.45, 2.75) is 11.8 Å². The Morgan fingerprint density at radius 1 is 1.27 bits per heavy atom. The number of halogens is 2. The third-order valence-corrected chi connectivity index (χ3v) is 4.67. The molecule has 1 aromatic carbocycles. The minimum Gasteiger partial charge on any atom is -0.318 e. The van der Waals surface area contributed by atoms with Gasteiger partial charge >= 0.3 is 0 Å². The Labute approximate surface area is 125 Å². The lowest BCUT2D eigenvalue weighted by Gasteiger charge is -2.11. The van der Waals surface area contributed by atoms with E-state index in [9.17, 15) is 22.0 Å². The fraction of sp³-hybridized carbons (Fsp3) is 0.143. The van der Waals surface area contributed by atoms with E-state index in [0.717, 1.165) is 24.5 Å². The second-order valence-electron chi connectivity index (χ2n) is 4.36. The topological polar surface area (TPSA) is 76.1 Å². The molecule has 0 unspecified atom stereocenters. The smallest absolute Gasteiger partial charge is 0.257 e. The highest BCUT2D eigenvalue weighted by Crippen LogP contribution is 2.26. The van der Waals surface area contributed by atoms with Crippen LogP contribution in [-0.2, 0) is 9.84 Å². The summed E-state index contributed by atoms with van der Waals surface area (Å²) in [7, 11) is -3.73. The maximum absolute atomic E-state index is 13.9. The first kappa shape index (κ1) is 16.0. The SMILES string of the molecule is CCS(=O)(=O)c1cccc(F)c1NC(=O)c1cncc(F)c1. The predicted molar refractivity (Wildman–Crippen MR) is 76.3 cm³/mol. The summed E-state index contributed by atoms with van der Waals surface area (Å²) in [6.07, 6.45) is 2.00. The molecule has 0 bridgehead atoms. The van der Waals surface area contributed by atoms with E-state index < -0.39 is 33.1 Å². The Balaban J connectivity index is 2.44. The number of amides is 1. The molecule has 1 aromatic heterocycles. The zero-order chi connectivity index (χ0) is 16.3. The van der Waals surface area contributed by atoms with Gasteiger partial charge in [0.25, 0.3) is 5.91 Å². The number of nitrogens with zero attached hydrogens (tertiary/aromatic N) is 1. The Bertz CT molecular complexity index is 823. The molecule has 0 aliphatic rings. The van der Waals surface area contributed by atoms with Crippen molar-refractivity contribution < 1.29 is 22.0 Å². The molecule has 0 fully saturated rings. The van der Waals surface area contributed by atoms with Crippen molar-refractivity contribution in [1.82, 2.24) is 4.98 Å². The van der Waals surface area contributed by atoms with Gasteiger partial charge in [-0.05, 0) is 18.2 Å². The number of anilines is 1. The van der Waals surface area contributed by atoms with Gasteiger partial charge in [-0.25, -0.2) is 17.2 Å². The first-order valence-electron chi connectivity index (χ1n) is 6.28. The van der Waals surface area contributed by atoms with Gasteiger partial charge < -0.3 is 5.32 Å². The quantitative estimate of drug-likeness (QED) is 0.936. The van der Waals surface area contributed by atoms with Crippen molar-refractivity contribution in [3.8, 4) is 0 Å². The first-order chi connectivity index (χ1) is 10.3. The lowest BCUT2D eigenvalue weighted by molar-refractivity contribution is 0.102. The van der Waals surface area contributed by atoms with E-state index in [0.29, 0.717) is 0 Å². The summed E-state index contributed by atoms with van der Waals surface area (Å²) in [5.74, 6) is -2.74. The number of sulfone groups is 1. The van der Waals surface area contributed by atoms with Crippen molar-refractivity contribution in [2.24, 2.45) is 0 Å². The van der Waals surface area contributed by atoms with Gasteiger partial charge in [-0.3, -0.25) is 9.78 Å². The predicted octanol–water partition coefficient (Wildman–Crippen LogP) is 2.41. The van der Waals surface area contributed by atoms with Gasteiger partial charge in [0.05, 0.1) is 28.1 Å². The molecule has 0 saturated heterocycles. The van der Waals surface area contributed by atoms with Gasteiger partial charge in [-0.2, -0.15) is 0 Å². The van der Waals surface area contributed by atoms with E-state index in [2.05, 4.69) is 10.3 Å². The van der Waals surface area contributed by atoms with E-state index in [-0.39, 0.29) is 16.2 Å². The van der Waals surface area contributed by atoms with Crippen LogP contribution >= 0.6 is 0 Å². The van der Waals surface area contributed by atoms with E-state index in [1.165, 1.54) is 19.1 Å². The fourth-order valence-electron chi connectivity index (χ4n) is 1.76. The number of hydrogen-bond acceptors (Lipinski definition) is 4. The largest absolute Gasteiger partial charge is 0.318 e. The standard InChI is InChI=1S/C14H12F2N2O3S/c1-2-22(20,21)12-5-3-4-11(16)13(12)18-14(19)9-6-10(15)8-17-7-9/h3-8H,2H2,1H3,(H,18,19). The van der Waals surface area contributed by atoms with Crippen LogP contribution in [0.5, 0.6) is 0 Å². The Kier molecular flexibility index (Phi) is 4.51. The highest BCUT2D eigenvalue weighted by Gasteiger charge is 2.21. The number of pyridine rings is 1. The number of aromatic nitrogens is 1. The number of carbonyl (C=O) groups is 1. The van der Waals surface area contributed by atoms with Crippen LogP contribution in [0.3, 0.4) is 0 Å². The van der Waals surface area contributed by atoms with Gasteiger partial charge in [0.15, 0.2) is 9.84 Å². The number of rotatable bonds is 4. The van der Waals surface area contributed by atoms with Gasteiger partial charge in [0.2, 0.25) is 0 Å². The molecule has 1 N–H and O–H groups in total. The normalized spacial score (nSPS) is 11.2. The molecule has 0 atom stereocenters. The molecule has 1 amide bonds. The molecule has 0 aliphatic heterocycles. The van der Waals surface area contributed by atoms with Crippen LogP contribution in [0.2, 0.25) is 0 Å². The van der Waals surface area contributed by atoms with E-state index in [4.69, 9.17) is 0 Å². The van der Waals surface area contributed by atoms with Crippen LogP contribution in [0.1, 0.15) is 17.3 Å². The summed E-state index contributed by atoms with van der Waals surface area (Å²) < 4.78 is 50.9. The van der Waals surface area contributed by atoms with Crippen molar-refractivity contribution in [3.05, 3.63) is 53.9 Å². The summed E-state index contributed by atoms with van der Waals surface area (Å²) in [4.78, 5) is 15.2. The van der Waals surface area contributed by atoms with E-state index in [1.54, 1.807) is 0 Å². The fourth-order valence-corrected chi connectivity index (χ4v) is 2.82. The number of nitrogens with one attached hydrogen (secondary N) is 1. The Morgan fingerprint density at radius 3 is 2.64 bits per heavy atom. The van der Waals surface area contributed by atoms with Crippen molar-refractivity contribution in [1.29, 1.82) is 0 Å². The first-order valence-corrected chi connectivity index (χ1v) is 7.93. The number of para-hydroxylation sites is 1. The van der Waals surface area contributed by atoms with Gasteiger partial charge in [0.1, 0.15) is 11.6 Å². The van der Waals surface area contributed by atoms with E-state index in [1.807, 2.05) is 0 Å². The molecule has 0 saturated carbocycles. The molecule has 5 nitrogen and oxygen atoms in total. The molecular weight excluding hydrogens is 314 g/mol. The van der Waals surface area contributed by atoms with Crippen molar-refractivity contribution in [3.63, 3.8) is 0 Å². The van der Waals surface area contributed by atoms with Crippen LogP contribution in [-0.4, -0.2) is 25.1 Å². The number of carbonyl (C=O) groups excluding carboxylic acids is 1. The minimum absolute atomic E-state index is 0.150. The van der Waals surface area contributed by atoms with Gasteiger partial charge in [-0.1, -0.05) is 13.0 Å². The molecule has 22 heavy (non-hydrogen) atoms. The van der Waals surface area contributed by atoms with Crippen molar-refractivity contribution in [2.75, 3.05) is 11.1 Å². The lowest BCUT2D eigenvalue weighted by atomic mass is 10.2. The van der Waals surface area contributed by atoms with E-state index >= 15 is 0 Å². The summed E-state index contributed by atoms with van der Waals surface area (Å²) in [5, 5.41) is 2.16. The second-order valence-corrected chi connectivity index (χ2v) is 6.61. The molecule has 0 aliphatic carbocycles. The monoisotopic (exact) mass is 326 g/mol. The molecule has 2 rings (SSSR count). The summed E-state index contributed by atoms with van der Waals surface area (Å²) in [6, 6.07) is 4.36. The van der Waals surface area contributed by atoms with Gasteiger partial charge in [0, 0.05) is 6.20 Å². The third-order valence-electron chi connectivity index (χ3n) is 2.90. The average Bonchev–Trinajstić information content (AvgIpc) is 2.49. The van der Waals surface area contributed by atoms with Crippen LogP contribution in [0.25, 0.3) is 0 Å². The molecule has 8 heteroatoms. The summed E-state index contributed by atoms with van der Waals surface area (Å²) in [5.41, 5.74) is -0.610. The van der Waals surface area contributed by atoms with Gasteiger partial charge in [-0.15, -0.1) is 0 Å². The summed E-state index contributed by atoms with van der Waals surface area (Å²) >= 11 is 0. The average molecular weight is 326 g/mol. The third kappa shape index (κ3) is 3.28.